The summed E-state index contributed by atoms with van der Waals surface area (Å²) in [6.07, 6.45) is 4.54. The van der Waals surface area contributed by atoms with Crippen molar-refractivity contribution in [3.05, 3.63) is 64.0 Å². The second-order valence-electron chi connectivity index (χ2n) is 9.80. The lowest BCUT2D eigenvalue weighted by Gasteiger charge is -2.34. The topological polar surface area (TPSA) is 117 Å². The van der Waals surface area contributed by atoms with Gasteiger partial charge in [-0.05, 0) is 25.1 Å². The van der Waals surface area contributed by atoms with Gasteiger partial charge in [-0.3, -0.25) is 9.48 Å². The largest absolute Gasteiger partial charge is 0.618 e. The highest BCUT2D eigenvalue weighted by Gasteiger charge is 2.34. The second-order valence-corrected chi connectivity index (χ2v) is 11.9. The zero-order valence-corrected chi connectivity index (χ0v) is 22.2. The number of nitrogens with zero attached hydrogens (tertiary/aromatic N) is 6. The number of aryl methyl sites for hydroxylation is 3. The fourth-order valence-corrected chi connectivity index (χ4v) is 6.74. The Labute approximate surface area is 219 Å². The van der Waals surface area contributed by atoms with E-state index in [2.05, 4.69) is 10.00 Å². The summed E-state index contributed by atoms with van der Waals surface area (Å²) in [6.45, 7) is 4.53. The van der Waals surface area contributed by atoms with Crippen molar-refractivity contribution >= 4 is 37.8 Å². The molecule has 3 aromatic heterocycles. The molecule has 1 aromatic carbocycles. The third-order valence-electron chi connectivity index (χ3n) is 7.36. The van der Waals surface area contributed by atoms with Crippen molar-refractivity contribution < 1.29 is 17.9 Å². The summed E-state index contributed by atoms with van der Waals surface area (Å²) in [5, 5.41) is 18.1. The van der Waals surface area contributed by atoms with E-state index in [0.717, 1.165) is 22.3 Å². The minimum Gasteiger partial charge on any atom is -0.618 e. The Bertz CT molecular complexity index is 1750. The first-order valence-corrected chi connectivity index (χ1v) is 14.0. The minimum absolute atomic E-state index is 0.0947. The van der Waals surface area contributed by atoms with Gasteiger partial charge in [-0.1, -0.05) is 0 Å². The molecule has 198 valence electrons. The van der Waals surface area contributed by atoms with Gasteiger partial charge >= 0.3 is 0 Å². The first-order chi connectivity index (χ1) is 18.1. The van der Waals surface area contributed by atoms with Gasteiger partial charge in [0.1, 0.15) is 10.6 Å². The van der Waals surface area contributed by atoms with Crippen LogP contribution in [0.4, 0.5) is 17.1 Å². The maximum Gasteiger partial charge on any atom is 0.253 e. The molecule has 0 saturated carbocycles. The predicted octanol–water partition coefficient (Wildman–Crippen LogP) is 1.64. The number of aromatic nitrogens is 4. The summed E-state index contributed by atoms with van der Waals surface area (Å²) in [5.74, 6) is -0.108. The highest BCUT2D eigenvalue weighted by molar-refractivity contribution is 7.91. The molecule has 12 heteroatoms. The summed E-state index contributed by atoms with van der Waals surface area (Å²) >= 11 is 0. The smallest absolute Gasteiger partial charge is 0.253 e. The van der Waals surface area contributed by atoms with Gasteiger partial charge in [0, 0.05) is 62.6 Å². The van der Waals surface area contributed by atoms with Crippen LogP contribution in [0.2, 0.25) is 0 Å². The van der Waals surface area contributed by atoms with Crippen LogP contribution in [0, 0.1) is 12.1 Å². The van der Waals surface area contributed by atoms with E-state index < -0.39 is 9.84 Å². The third kappa shape index (κ3) is 3.91. The molecular formula is C26H28N6O5S. The molecule has 0 atom stereocenters. The average Bonchev–Trinajstić information content (AvgIpc) is 3.33. The zero-order chi connectivity index (χ0) is 26.8. The van der Waals surface area contributed by atoms with Crippen LogP contribution >= 0.6 is 0 Å². The number of hydrogen-bond donors (Lipinski definition) is 0. The average molecular weight is 537 g/mol. The molecule has 0 radical (unpaired) electrons. The number of fused-ring (bicyclic) bond motifs is 2. The van der Waals surface area contributed by atoms with E-state index in [4.69, 9.17) is 4.74 Å². The van der Waals surface area contributed by atoms with Gasteiger partial charge in [0.15, 0.2) is 9.84 Å². The van der Waals surface area contributed by atoms with Crippen molar-refractivity contribution in [1.82, 2.24) is 14.3 Å². The monoisotopic (exact) mass is 536 g/mol. The molecule has 0 N–H and O–H groups in total. The number of rotatable bonds is 3. The molecule has 1 saturated heterocycles. The summed E-state index contributed by atoms with van der Waals surface area (Å²) in [4.78, 5) is 17.0. The van der Waals surface area contributed by atoms with Crippen molar-refractivity contribution in [3.8, 4) is 11.3 Å². The number of hydrogen-bond acceptors (Lipinski definition) is 8. The van der Waals surface area contributed by atoms with Gasteiger partial charge in [0.25, 0.3) is 5.56 Å². The summed E-state index contributed by atoms with van der Waals surface area (Å²) in [7, 11) is -0.159. The highest BCUT2D eigenvalue weighted by Crippen LogP contribution is 2.41. The molecule has 2 aliphatic rings. The molecule has 0 bridgehead atoms. The first-order valence-electron chi connectivity index (χ1n) is 12.4. The molecule has 4 aromatic rings. The molecule has 0 amide bonds. The van der Waals surface area contributed by atoms with E-state index in [9.17, 15) is 18.4 Å². The van der Waals surface area contributed by atoms with Gasteiger partial charge in [-0.25, -0.2) is 8.42 Å². The lowest BCUT2D eigenvalue weighted by atomic mass is 10.1. The Morgan fingerprint density at radius 1 is 1.05 bits per heavy atom. The van der Waals surface area contributed by atoms with E-state index in [1.54, 1.807) is 36.5 Å². The number of anilines is 3. The number of morpholine rings is 1. The Kier molecular flexibility index (Phi) is 5.69. The zero-order valence-electron chi connectivity index (χ0n) is 21.4. The van der Waals surface area contributed by atoms with Crippen LogP contribution in [0.25, 0.3) is 22.2 Å². The Morgan fingerprint density at radius 2 is 1.82 bits per heavy atom. The van der Waals surface area contributed by atoms with Crippen molar-refractivity contribution in [2.75, 3.05) is 48.4 Å². The Balaban J connectivity index is 1.60. The SMILES string of the molecule is Cc1cc2c(N3CCS(=O)(=O)c4cc(-c5cnn(C)c5)[n+]([O-])cc43)cc(N3CCOCC3)cc2n(C)c1=O. The van der Waals surface area contributed by atoms with Crippen molar-refractivity contribution in [2.45, 2.75) is 11.8 Å². The number of ether oxygens (including phenoxy) is 1. The molecule has 0 unspecified atom stereocenters. The van der Waals surface area contributed by atoms with E-state index in [0.29, 0.717) is 47.8 Å². The second kappa shape index (κ2) is 8.84. The maximum absolute atomic E-state index is 13.3. The van der Waals surface area contributed by atoms with E-state index in [1.807, 2.05) is 23.1 Å². The van der Waals surface area contributed by atoms with Crippen LogP contribution in [-0.2, 0) is 28.7 Å². The van der Waals surface area contributed by atoms with Crippen LogP contribution in [0.1, 0.15) is 5.56 Å². The van der Waals surface area contributed by atoms with Gasteiger partial charge in [-0.15, -0.1) is 0 Å². The van der Waals surface area contributed by atoms with Crippen LogP contribution in [0.15, 0.2) is 52.5 Å². The van der Waals surface area contributed by atoms with Gasteiger partial charge in [-0.2, -0.15) is 9.83 Å². The fraction of sp³-hybridized carbons (Fsp3) is 0.346. The quantitative estimate of drug-likeness (QED) is 0.287. The summed E-state index contributed by atoms with van der Waals surface area (Å²) < 4.78 is 35.9. The standard InChI is InChI=1S/C26H28N6O5S/c1-17-10-20-22(29(3)26(17)33)11-19(30-4-7-37-8-5-30)12-23(20)31-6-9-38(35,36)25-13-21(32(34)16-24(25)31)18-14-27-28(2)15-18/h10-16H,4-9H2,1-3H3. The van der Waals surface area contributed by atoms with E-state index in [-0.39, 0.29) is 28.4 Å². The molecule has 0 aliphatic carbocycles. The first kappa shape index (κ1) is 24.4. The normalized spacial score (nSPS) is 17.1. The molecule has 2 aliphatic heterocycles. The lowest BCUT2D eigenvalue weighted by Crippen LogP contribution is -2.38. The third-order valence-corrected chi connectivity index (χ3v) is 9.08. The maximum atomic E-state index is 13.3. The number of pyridine rings is 2. The van der Waals surface area contributed by atoms with Crippen molar-refractivity contribution in [1.29, 1.82) is 0 Å². The minimum atomic E-state index is -3.63. The fourth-order valence-electron chi connectivity index (χ4n) is 5.33. The summed E-state index contributed by atoms with van der Waals surface area (Å²) in [6, 6.07) is 7.29. The molecule has 1 fully saturated rings. The van der Waals surface area contributed by atoms with Crippen molar-refractivity contribution in [3.63, 3.8) is 0 Å². The number of sulfone groups is 1. The van der Waals surface area contributed by atoms with Gasteiger partial charge in [0.05, 0.1) is 41.9 Å². The van der Waals surface area contributed by atoms with Crippen LogP contribution < -0.4 is 20.1 Å². The highest BCUT2D eigenvalue weighted by atomic mass is 32.2. The van der Waals surface area contributed by atoms with Crippen LogP contribution in [0.3, 0.4) is 0 Å². The van der Waals surface area contributed by atoms with E-state index >= 15 is 0 Å². The molecule has 11 nitrogen and oxygen atoms in total. The van der Waals surface area contributed by atoms with Crippen LogP contribution in [0.5, 0.6) is 0 Å². The molecule has 0 spiro atoms. The Hall–Kier alpha value is -3.90. The molecule has 6 rings (SSSR count). The molecular weight excluding hydrogens is 508 g/mol. The predicted molar refractivity (Wildman–Crippen MR) is 144 cm³/mol. The molecule has 38 heavy (non-hydrogen) atoms. The van der Waals surface area contributed by atoms with E-state index in [1.165, 1.54) is 18.5 Å². The van der Waals surface area contributed by atoms with Crippen molar-refractivity contribution in [2.24, 2.45) is 14.1 Å². The lowest BCUT2D eigenvalue weighted by molar-refractivity contribution is -0.593. The van der Waals surface area contributed by atoms with Gasteiger partial charge in [0.2, 0.25) is 11.9 Å². The Morgan fingerprint density at radius 3 is 2.53 bits per heavy atom. The molecule has 5 heterocycles. The number of benzene rings is 1. The summed E-state index contributed by atoms with van der Waals surface area (Å²) in [5.41, 5.74) is 3.93. The van der Waals surface area contributed by atoms with Gasteiger partial charge < -0.3 is 24.3 Å². The van der Waals surface area contributed by atoms with Crippen LogP contribution in [-0.4, -0.2) is 61.4 Å².